The van der Waals surface area contributed by atoms with Crippen molar-refractivity contribution in [2.75, 3.05) is 7.05 Å². The molecule has 17 heavy (non-hydrogen) atoms. The summed E-state index contributed by atoms with van der Waals surface area (Å²) in [6.07, 6.45) is 6.20. The second-order valence-corrected chi connectivity index (χ2v) is 5.92. The van der Waals surface area contributed by atoms with Crippen molar-refractivity contribution < 1.29 is 9.18 Å². The van der Waals surface area contributed by atoms with Gasteiger partial charge in [0.1, 0.15) is 0 Å². The van der Waals surface area contributed by atoms with Gasteiger partial charge in [-0.1, -0.05) is 32.1 Å². The Labute approximate surface area is 105 Å². The van der Waals surface area contributed by atoms with E-state index in [1.165, 1.54) is 31.1 Å². The van der Waals surface area contributed by atoms with Gasteiger partial charge in [-0.25, -0.2) is 4.39 Å². The second kappa shape index (κ2) is 5.83. The molecular formula is C14H26FNO. The summed E-state index contributed by atoms with van der Waals surface area (Å²) in [7, 11) is 1.69. The molecule has 1 rings (SSSR count). The van der Waals surface area contributed by atoms with Gasteiger partial charge < -0.3 is 4.90 Å². The molecule has 0 saturated heterocycles. The molecule has 0 bridgehead atoms. The molecule has 0 N–H and O–H groups in total. The van der Waals surface area contributed by atoms with Gasteiger partial charge in [-0.05, 0) is 33.1 Å². The van der Waals surface area contributed by atoms with E-state index in [4.69, 9.17) is 0 Å². The second-order valence-electron chi connectivity index (χ2n) is 5.92. The molecule has 1 aliphatic carbocycles. The summed E-state index contributed by atoms with van der Waals surface area (Å²) >= 11 is 0. The molecule has 1 atom stereocenters. The molecular weight excluding hydrogens is 217 g/mol. The predicted octanol–water partition coefficient (Wildman–Crippen LogP) is 3.55. The number of rotatable bonds is 4. The zero-order valence-electron chi connectivity index (χ0n) is 11.6. The van der Waals surface area contributed by atoms with E-state index in [-0.39, 0.29) is 11.9 Å². The normalized spacial score (nSPS) is 21.3. The molecule has 2 nitrogen and oxygen atoms in total. The first-order valence-corrected chi connectivity index (χ1v) is 6.81. The standard InChI is InChI=1S/C14H26FNO/c1-11(2)16(4)13(17)14(3,15)10-12-8-6-5-7-9-12/h11-12H,5-10H2,1-4H3. The van der Waals surface area contributed by atoms with E-state index in [9.17, 15) is 9.18 Å². The number of hydrogen-bond acceptors (Lipinski definition) is 1. The van der Waals surface area contributed by atoms with Gasteiger partial charge in [-0.3, -0.25) is 4.79 Å². The van der Waals surface area contributed by atoms with Gasteiger partial charge >= 0.3 is 0 Å². The van der Waals surface area contributed by atoms with Crippen molar-refractivity contribution in [3.8, 4) is 0 Å². The van der Waals surface area contributed by atoms with Crippen LogP contribution in [0.2, 0.25) is 0 Å². The van der Waals surface area contributed by atoms with Crippen molar-refractivity contribution in [1.82, 2.24) is 4.90 Å². The highest BCUT2D eigenvalue weighted by Gasteiger charge is 2.38. The highest BCUT2D eigenvalue weighted by molar-refractivity contribution is 5.84. The molecule has 100 valence electrons. The third-order valence-corrected chi connectivity index (χ3v) is 3.94. The fourth-order valence-electron chi connectivity index (χ4n) is 2.62. The largest absolute Gasteiger partial charge is 0.341 e. The van der Waals surface area contributed by atoms with Gasteiger partial charge in [0, 0.05) is 13.1 Å². The SMILES string of the molecule is CC(C)N(C)C(=O)C(C)(F)CC1CCCCC1. The quantitative estimate of drug-likeness (QED) is 0.739. The number of nitrogens with zero attached hydrogens (tertiary/aromatic N) is 1. The Hall–Kier alpha value is -0.600. The molecule has 0 spiro atoms. The molecule has 0 radical (unpaired) electrons. The highest BCUT2D eigenvalue weighted by atomic mass is 19.1. The van der Waals surface area contributed by atoms with Crippen LogP contribution in [0.3, 0.4) is 0 Å². The van der Waals surface area contributed by atoms with E-state index in [2.05, 4.69) is 0 Å². The van der Waals surface area contributed by atoms with Crippen LogP contribution in [0.15, 0.2) is 0 Å². The maximum Gasteiger partial charge on any atom is 0.259 e. The van der Waals surface area contributed by atoms with E-state index in [1.54, 1.807) is 7.05 Å². The summed E-state index contributed by atoms with van der Waals surface area (Å²) in [5, 5.41) is 0. The monoisotopic (exact) mass is 243 g/mol. The van der Waals surface area contributed by atoms with Crippen LogP contribution >= 0.6 is 0 Å². The molecule has 1 fully saturated rings. The molecule has 3 heteroatoms. The van der Waals surface area contributed by atoms with Gasteiger partial charge in [0.05, 0.1) is 0 Å². The Bertz CT molecular complexity index is 257. The summed E-state index contributed by atoms with van der Waals surface area (Å²) in [6, 6.07) is 0.0592. The van der Waals surface area contributed by atoms with E-state index >= 15 is 0 Å². The van der Waals surface area contributed by atoms with Crippen LogP contribution in [0.4, 0.5) is 4.39 Å². The molecule has 0 aromatic heterocycles. The van der Waals surface area contributed by atoms with E-state index < -0.39 is 5.67 Å². The minimum atomic E-state index is -1.69. The van der Waals surface area contributed by atoms with Gasteiger partial charge in [0.2, 0.25) is 0 Å². The average Bonchev–Trinajstić information content (AvgIpc) is 2.27. The lowest BCUT2D eigenvalue weighted by Crippen LogP contribution is -2.46. The fraction of sp³-hybridized carbons (Fsp3) is 0.929. The summed E-state index contributed by atoms with van der Waals surface area (Å²) in [5.41, 5.74) is -1.69. The summed E-state index contributed by atoms with van der Waals surface area (Å²) in [5.74, 6) is 0.0290. The zero-order chi connectivity index (χ0) is 13.1. The number of halogens is 1. The molecule has 0 aromatic carbocycles. The lowest BCUT2D eigenvalue weighted by Gasteiger charge is -2.32. The molecule has 0 heterocycles. The number of carbonyl (C=O) groups excluding carboxylic acids is 1. The zero-order valence-corrected chi connectivity index (χ0v) is 11.6. The Morgan fingerprint density at radius 1 is 1.35 bits per heavy atom. The number of amides is 1. The number of carbonyl (C=O) groups is 1. The summed E-state index contributed by atoms with van der Waals surface area (Å²) in [6.45, 7) is 5.27. The Kier molecular flexibility index (Phi) is 4.96. The Morgan fingerprint density at radius 3 is 2.35 bits per heavy atom. The number of alkyl halides is 1. The van der Waals surface area contributed by atoms with Crippen molar-refractivity contribution in [3.05, 3.63) is 0 Å². The van der Waals surface area contributed by atoms with Crippen LogP contribution in [0, 0.1) is 5.92 Å². The topological polar surface area (TPSA) is 20.3 Å². The van der Waals surface area contributed by atoms with Gasteiger partial charge in [-0.15, -0.1) is 0 Å². The van der Waals surface area contributed by atoms with Crippen LogP contribution in [0.5, 0.6) is 0 Å². The first-order chi connectivity index (χ1) is 7.84. The summed E-state index contributed by atoms with van der Waals surface area (Å²) in [4.78, 5) is 13.5. The molecule has 1 saturated carbocycles. The van der Waals surface area contributed by atoms with Gasteiger partial charge in [0.25, 0.3) is 5.91 Å². The van der Waals surface area contributed by atoms with E-state index in [0.717, 1.165) is 12.8 Å². The van der Waals surface area contributed by atoms with Crippen molar-refractivity contribution in [3.63, 3.8) is 0 Å². The lowest BCUT2D eigenvalue weighted by molar-refractivity contribution is -0.144. The molecule has 1 amide bonds. The maximum atomic E-state index is 14.5. The smallest absolute Gasteiger partial charge is 0.259 e. The third kappa shape index (κ3) is 3.97. The number of hydrogen-bond donors (Lipinski definition) is 0. The van der Waals surface area contributed by atoms with Crippen molar-refractivity contribution in [2.24, 2.45) is 5.92 Å². The first kappa shape index (κ1) is 14.5. The van der Waals surface area contributed by atoms with Crippen LogP contribution < -0.4 is 0 Å². The third-order valence-electron chi connectivity index (χ3n) is 3.94. The van der Waals surface area contributed by atoms with Crippen molar-refractivity contribution >= 4 is 5.91 Å². The average molecular weight is 243 g/mol. The molecule has 0 aliphatic heterocycles. The van der Waals surface area contributed by atoms with E-state index in [0.29, 0.717) is 12.3 Å². The van der Waals surface area contributed by atoms with Crippen LogP contribution in [-0.2, 0) is 4.79 Å². The lowest BCUT2D eigenvalue weighted by atomic mass is 9.81. The van der Waals surface area contributed by atoms with Crippen LogP contribution in [0.1, 0.15) is 59.3 Å². The predicted molar refractivity (Wildman–Crippen MR) is 68.6 cm³/mol. The minimum absolute atomic E-state index is 0.0592. The maximum absolute atomic E-state index is 14.5. The Morgan fingerprint density at radius 2 is 1.88 bits per heavy atom. The van der Waals surface area contributed by atoms with Gasteiger partial charge in [0.15, 0.2) is 5.67 Å². The minimum Gasteiger partial charge on any atom is -0.341 e. The van der Waals surface area contributed by atoms with Crippen molar-refractivity contribution in [2.45, 2.75) is 71.0 Å². The fourth-order valence-corrected chi connectivity index (χ4v) is 2.62. The summed E-state index contributed by atoms with van der Waals surface area (Å²) < 4.78 is 14.5. The Balaban J connectivity index is 2.56. The highest BCUT2D eigenvalue weighted by Crippen LogP contribution is 2.33. The molecule has 1 aliphatic rings. The first-order valence-electron chi connectivity index (χ1n) is 6.81. The van der Waals surface area contributed by atoms with Crippen LogP contribution in [0.25, 0.3) is 0 Å². The van der Waals surface area contributed by atoms with Gasteiger partial charge in [-0.2, -0.15) is 0 Å². The van der Waals surface area contributed by atoms with E-state index in [1.807, 2.05) is 13.8 Å². The van der Waals surface area contributed by atoms with Crippen LogP contribution in [-0.4, -0.2) is 29.6 Å². The molecule has 0 aromatic rings. The molecule has 1 unspecified atom stereocenters. The van der Waals surface area contributed by atoms with Crippen molar-refractivity contribution in [1.29, 1.82) is 0 Å².